The molecular formula is C22H17Cl2N3O. The van der Waals surface area contributed by atoms with Crippen LogP contribution in [0.3, 0.4) is 0 Å². The van der Waals surface area contributed by atoms with Gasteiger partial charge in [-0.2, -0.15) is 0 Å². The van der Waals surface area contributed by atoms with Gasteiger partial charge in [-0.05, 0) is 36.2 Å². The average molecular weight is 410 g/mol. The maximum atomic E-state index is 11.0. The lowest BCUT2D eigenvalue weighted by molar-refractivity contribution is 0.471. The van der Waals surface area contributed by atoms with Gasteiger partial charge in [0.25, 0.3) is 0 Å². The highest BCUT2D eigenvalue weighted by Crippen LogP contribution is 2.38. The van der Waals surface area contributed by atoms with Gasteiger partial charge in [-0.25, -0.2) is 4.98 Å². The van der Waals surface area contributed by atoms with Gasteiger partial charge < -0.3 is 10.4 Å². The molecule has 140 valence electrons. The van der Waals surface area contributed by atoms with E-state index in [4.69, 9.17) is 23.2 Å². The number of nitrogens with zero attached hydrogens (tertiary/aromatic N) is 2. The van der Waals surface area contributed by atoms with E-state index < -0.39 is 6.04 Å². The maximum Gasteiger partial charge on any atom is 0.147 e. The Morgan fingerprint density at radius 1 is 0.964 bits per heavy atom. The minimum Gasteiger partial charge on any atom is -0.505 e. The summed E-state index contributed by atoms with van der Waals surface area (Å²) in [7, 11) is 0. The first-order valence-electron chi connectivity index (χ1n) is 8.74. The van der Waals surface area contributed by atoms with Crippen LogP contribution < -0.4 is 5.32 Å². The molecule has 4 rings (SSSR count). The number of aromatic nitrogens is 2. The molecule has 0 saturated heterocycles. The smallest absolute Gasteiger partial charge is 0.147 e. The Kier molecular flexibility index (Phi) is 5.07. The van der Waals surface area contributed by atoms with Crippen molar-refractivity contribution in [3.05, 3.63) is 93.7 Å². The van der Waals surface area contributed by atoms with Crippen LogP contribution in [0.1, 0.15) is 22.7 Å². The number of aryl methyl sites for hydroxylation is 1. The Morgan fingerprint density at radius 2 is 1.79 bits per heavy atom. The van der Waals surface area contributed by atoms with Crippen LogP contribution in [0.25, 0.3) is 10.9 Å². The van der Waals surface area contributed by atoms with Gasteiger partial charge in [0.15, 0.2) is 0 Å². The number of phenolic OH excluding ortho intramolecular Hbond substituents is 1. The van der Waals surface area contributed by atoms with Crippen LogP contribution in [0.15, 0.2) is 67.0 Å². The molecule has 4 aromatic rings. The van der Waals surface area contributed by atoms with Crippen molar-refractivity contribution in [3.8, 4) is 5.75 Å². The fourth-order valence-electron chi connectivity index (χ4n) is 3.24. The second-order valence-corrected chi connectivity index (χ2v) is 7.34. The molecule has 0 amide bonds. The molecule has 2 N–H and O–H groups in total. The number of hydrogen-bond donors (Lipinski definition) is 2. The van der Waals surface area contributed by atoms with Crippen LogP contribution in [0.2, 0.25) is 10.0 Å². The third-order valence-corrected chi connectivity index (χ3v) is 5.18. The lowest BCUT2D eigenvalue weighted by atomic mass is 9.96. The minimum atomic E-state index is -0.424. The van der Waals surface area contributed by atoms with Gasteiger partial charge in [0.2, 0.25) is 0 Å². The van der Waals surface area contributed by atoms with Crippen molar-refractivity contribution in [3.63, 3.8) is 0 Å². The zero-order valence-electron chi connectivity index (χ0n) is 15.0. The molecule has 0 fully saturated rings. The minimum absolute atomic E-state index is 0.113. The highest BCUT2D eigenvalue weighted by molar-refractivity contribution is 6.31. The Balaban J connectivity index is 1.88. The molecule has 1 unspecified atom stereocenters. The number of pyridine rings is 2. The Morgan fingerprint density at radius 3 is 2.57 bits per heavy atom. The van der Waals surface area contributed by atoms with Crippen LogP contribution in [0.5, 0.6) is 5.75 Å². The van der Waals surface area contributed by atoms with Gasteiger partial charge in [-0.3, -0.25) is 4.98 Å². The Hall–Kier alpha value is -2.82. The van der Waals surface area contributed by atoms with E-state index in [1.54, 1.807) is 12.4 Å². The summed E-state index contributed by atoms with van der Waals surface area (Å²) in [4.78, 5) is 8.74. The normalized spacial score (nSPS) is 12.1. The van der Waals surface area contributed by atoms with Gasteiger partial charge in [-0.15, -0.1) is 0 Å². The van der Waals surface area contributed by atoms with Crippen molar-refractivity contribution in [2.75, 3.05) is 5.32 Å². The lowest BCUT2D eigenvalue weighted by Gasteiger charge is -2.23. The third kappa shape index (κ3) is 3.49. The fraction of sp³-hybridized carbons (Fsp3) is 0.0909. The van der Waals surface area contributed by atoms with E-state index in [1.165, 1.54) is 0 Å². The van der Waals surface area contributed by atoms with Crippen molar-refractivity contribution < 1.29 is 5.11 Å². The fourth-order valence-corrected chi connectivity index (χ4v) is 3.70. The van der Waals surface area contributed by atoms with Gasteiger partial charge in [-0.1, -0.05) is 59.6 Å². The molecule has 0 spiro atoms. The third-order valence-electron chi connectivity index (χ3n) is 4.63. The van der Waals surface area contributed by atoms with Crippen molar-refractivity contribution in [2.45, 2.75) is 13.0 Å². The van der Waals surface area contributed by atoms with Gasteiger partial charge in [0, 0.05) is 28.4 Å². The van der Waals surface area contributed by atoms with Gasteiger partial charge >= 0.3 is 0 Å². The number of aromatic hydroxyl groups is 1. The van der Waals surface area contributed by atoms with Crippen molar-refractivity contribution in [1.29, 1.82) is 0 Å². The van der Waals surface area contributed by atoms with Crippen molar-refractivity contribution in [1.82, 2.24) is 9.97 Å². The zero-order chi connectivity index (χ0) is 19.7. The molecule has 0 aliphatic carbocycles. The van der Waals surface area contributed by atoms with E-state index in [2.05, 4.69) is 15.3 Å². The predicted molar refractivity (Wildman–Crippen MR) is 114 cm³/mol. The van der Waals surface area contributed by atoms with Crippen LogP contribution in [0, 0.1) is 6.92 Å². The van der Waals surface area contributed by atoms with Gasteiger partial charge in [0.1, 0.15) is 17.1 Å². The first-order chi connectivity index (χ1) is 13.5. The van der Waals surface area contributed by atoms with E-state index in [1.807, 2.05) is 61.5 Å². The van der Waals surface area contributed by atoms with Crippen molar-refractivity contribution >= 4 is 39.9 Å². The average Bonchev–Trinajstić information content (AvgIpc) is 2.69. The molecule has 0 aliphatic heterocycles. The van der Waals surface area contributed by atoms with Gasteiger partial charge in [0.05, 0.1) is 11.1 Å². The molecule has 4 nitrogen and oxygen atoms in total. The number of phenols is 1. The number of halogens is 2. The number of nitrogens with one attached hydrogen (secondary N) is 1. The number of benzene rings is 2. The van der Waals surface area contributed by atoms with Crippen molar-refractivity contribution in [2.24, 2.45) is 0 Å². The quantitative estimate of drug-likeness (QED) is 0.424. The summed E-state index contributed by atoms with van der Waals surface area (Å²) in [5, 5.41) is 16.4. The molecule has 28 heavy (non-hydrogen) atoms. The SMILES string of the molecule is Cc1cc(Cl)cnc1NC(c1ccccc1Cl)c1ccc2cccnc2c1O. The summed E-state index contributed by atoms with van der Waals surface area (Å²) in [5.41, 5.74) is 2.92. The Labute approximate surface area is 172 Å². The van der Waals surface area contributed by atoms with E-state index in [0.29, 0.717) is 26.9 Å². The first-order valence-corrected chi connectivity index (χ1v) is 9.50. The molecule has 0 bridgehead atoms. The number of rotatable bonds is 4. The summed E-state index contributed by atoms with van der Waals surface area (Å²) in [5.74, 6) is 0.775. The molecule has 2 aromatic carbocycles. The summed E-state index contributed by atoms with van der Waals surface area (Å²) in [6.45, 7) is 1.92. The van der Waals surface area contributed by atoms with Crippen LogP contribution in [-0.4, -0.2) is 15.1 Å². The molecule has 2 aromatic heterocycles. The summed E-state index contributed by atoms with van der Waals surface area (Å²) >= 11 is 12.5. The number of hydrogen-bond acceptors (Lipinski definition) is 4. The predicted octanol–water partition coefficient (Wildman–Crippen LogP) is 6.15. The highest BCUT2D eigenvalue weighted by atomic mass is 35.5. The molecule has 1 atom stereocenters. The molecule has 0 saturated carbocycles. The lowest BCUT2D eigenvalue weighted by Crippen LogP contribution is -2.15. The Bertz CT molecular complexity index is 1160. The monoisotopic (exact) mass is 409 g/mol. The number of fused-ring (bicyclic) bond motifs is 1. The summed E-state index contributed by atoms with van der Waals surface area (Å²) < 4.78 is 0. The van der Waals surface area contributed by atoms with E-state index in [-0.39, 0.29) is 5.75 Å². The van der Waals surface area contributed by atoms with E-state index in [0.717, 1.165) is 16.5 Å². The van der Waals surface area contributed by atoms with Crippen LogP contribution >= 0.6 is 23.2 Å². The molecule has 0 radical (unpaired) electrons. The largest absolute Gasteiger partial charge is 0.505 e. The number of anilines is 1. The van der Waals surface area contributed by atoms with Crippen LogP contribution in [0.4, 0.5) is 5.82 Å². The molecule has 2 heterocycles. The van der Waals surface area contributed by atoms with E-state index in [9.17, 15) is 5.11 Å². The topological polar surface area (TPSA) is 58.0 Å². The van der Waals surface area contributed by atoms with Crippen LogP contribution in [-0.2, 0) is 0 Å². The summed E-state index contributed by atoms with van der Waals surface area (Å²) in [6, 6.07) is 16.5. The second kappa shape index (κ2) is 7.66. The zero-order valence-corrected chi connectivity index (χ0v) is 16.5. The molecule has 6 heteroatoms. The van der Waals surface area contributed by atoms with E-state index >= 15 is 0 Å². The summed E-state index contributed by atoms with van der Waals surface area (Å²) in [6.07, 6.45) is 3.25. The second-order valence-electron chi connectivity index (χ2n) is 6.50. The molecule has 0 aliphatic rings. The standard InChI is InChI=1S/C22H17Cl2N3O/c1-13-11-15(23)12-26-22(13)27-20(16-6-2-3-7-18(16)24)17-9-8-14-5-4-10-25-19(14)21(17)28/h2-12,20,28H,1H3,(H,26,27). The molecular weight excluding hydrogens is 393 g/mol. The first kappa shape index (κ1) is 18.5. The maximum absolute atomic E-state index is 11.0. The highest BCUT2D eigenvalue weighted by Gasteiger charge is 2.23.